The van der Waals surface area contributed by atoms with E-state index in [-0.39, 0.29) is 6.61 Å². The van der Waals surface area contributed by atoms with Crippen molar-refractivity contribution >= 4 is 0 Å². The van der Waals surface area contributed by atoms with Gasteiger partial charge in [-0.3, -0.25) is 0 Å². The standard InChI is InChI=1S/C12H20O10/c13-1-6-8(16)10(18)12(22-6)4-20-11(3-21-12)9(17)7(15)5(14)2-19-11/h5-10,13-18H,1-4H2/t5-,6-,7+,8?,9?,10?,11-,12+/m1/s1. The Morgan fingerprint density at radius 2 is 1.41 bits per heavy atom. The molecule has 0 aromatic heterocycles. The van der Waals surface area contributed by atoms with Crippen molar-refractivity contribution in [3.8, 4) is 0 Å². The van der Waals surface area contributed by atoms with Crippen LogP contribution in [0.1, 0.15) is 0 Å². The largest absolute Gasteiger partial charge is 0.394 e. The van der Waals surface area contributed by atoms with Crippen LogP contribution >= 0.6 is 0 Å². The maximum absolute atomic E-state index is 10.0. The Bertz CT molecular complexity index is 403. The van der Waals surface area contributed by atoms with Gasteiger partial charge in [-0.1, -0.05) is 0 Å². The van der Waals surface area contributed by atoms with Crippen LogP contribution in [0.3, 0.4) is 0 Å². The van der Waals surface area contributed by atoms with Gasteiger partial charge in [-0.15, -0.1) is 0 Å². The van der Waals surface area contributed by atoms with Crippen molar-refractivity contribution in [2.75, 3.05) is 26.4 Å². The Balaban J connectivity index is 1.73. The highest BCUT2D eigenvalue weighted by molar-refractivity contribution is 5.02. The second-order valence-corrected chi connectivity index (χ2v) is 5.79. The topological polar surface area (TPSA) is 158 Å². The highest BCUT2D eigenvalue weighted by atomic mass is 16.8. The molecule has 0 radical (unpaired) electrons. The van der Waals surface area contributed by atoms with E-state index in [1.807, 2.05) is 0 Å². The van der Waals surface area contributed by atoms with E-state index in [9.17, 15) is 25.5 Å². The summed E-state index contributed by atoms with van der Waals surface area (Å²) in [6, 6.07) is 0. The third-order valence-corrected chi connectivity index (χ3v) is 4.39. The molecule has 10 nitrogen and oxygen atoms in total. The monoisotopic (exact) mass is 324 g/mol. The predicted octanol–water partition coefficient (Wildman–Crippen LogP) is -4.35. The van der Waals surface area contributed by atoms with Gasteiger partial charge in [0.15, 0.2) is 0 Å². The van der Waals surface area contributed by atoms with Gasteiger partial charge in [0.2, 0.25) is 11.6 Å². The van der Waals surface area contributed by atoms with E-state index < -0.39 is 68.0 Å². The first-order valence-corrected chi connectivity index (χ1v) is 6.96. The van der Waals surface area contributed by atoms with Gasteiger partial charge in [-0.05, 0) is 0 Å². The van der Waals surface area contributed by atoms with Crippen molar-refractivity contribution in [2.45, 2.75) is 48.2 Å². The molecule has 0 amide bonds. The zero-order chi connectivity index (χ0) is 16.1. The lowest BCUT2D eigenvalue weighted by Crippen LogP contribution is -2.69. The summed E-state index contributed by atoms with van der Waals surface area (Å²) in [5.74, 6) is -3.39. The van der Waals surface area contributed by atoms with Crippen LogP contribution in [0.5, 0.6) is 0 Å². The summed E-state index contributed by atoms with van der Waals surface area (Å²) in [6.07, 6.45) is -8.14. The van der Waals surface area contributed by atoms with E-state index in [0.29, 0.717) is 0 Å². The van der Waals surface area contributed by atoms with Crippen LogP contribution in [0, 0.1) is 0 Å². The zero-order valence-corrected chi connectivity index (χ0v) is 11.6. The molecule has 3 aliphatic heterocycles. The summed E-state index contributed by atoms with van der Waals surface area (Å²) in [5.41, 5.74) is 0. The van der Waals surface area contributed by atoms with E-state index in [1.165, 1.54) is 0 Å². The third-order valence-electron chi connectivity index (χ3n) is 4.39. The molecular formula is C12H20O10. The van der Waals surface area contributed by atoms with Gasteiger partial charge in [0.05, 0.1) is 13.2 Å². The summed E-state index contributed by atoms with van der Waals surface area (Å²) < 4.78 is 21.5. The molecule has 0 saturated carbocycles. The Morgan fingerprint density at radius 3 is 1.95 bits per heavy atom. The zero-order valence-electron chi connectivity index (χ0n) is 11.6. The van der Waals surface area contributed by atoms with Gasteiger partial charge < -0.3 is 49.6 Å². The fourth-order valence-corrected chi connectivity index (χ4v) is 2.91. The molecule has 22 heavy (non-hydrogen) atoms. The summed E-state index contributed by atoms with van der Waals surface area (Å²) in [7, 11) is 0. The summed E-state index contributed by atoms with van der Waals surface area (Å²) in [6.45, 7) is -1.58. The van der Waals surface area contributed by atoms with Gasteiger partial charge in [0, 0.05) is 0 Å². The average molecular weight is 324 g/mol. The number of aliphatic hydroxyl groups is 6. The van der Waals surface area contributed by atoms with Crippen molar-refractivity contribution in [1.82, 2.24) is 0 Å². The molecule has 10 heteroatoms. The van der Waals surface area contributed by atoms with Gasteiger partial charge in [0.25, 0.3) is 0 Å². The molecular weight excluding hydrogens is 304 g/mol. The lowest BCUT2D eigenvalue weighted by Gasteiger charge is -2.50. The first-order valence-electron chi connectivity index (χ1n) is 6.96. The van der Waals surface area contributed by atoms with Crippen molar-refractivity contribution in [3.63, 3.8) is 0 Å². The van der Waals surface area contributed by atoms with Crippen LogP contribution in [0.15, 0.2) is 0 Å². The molecule has 0 aromatic rings. The van der Waals surface area contributed by atoms with Gasteiger partial charge in [0.1, 0.15) is 49.8 Å². The van der Waals surface area contributed by atoms with Crippen LogP contribution < -0.4 is 0 Å². The van der Waals surface area contributed by atoms with E-state index in [0.717, 1.165) is 0 Å². The van der Waals surface area contributed by atoms with Crippen LogP contribution in [0.4, 0.5) is 0 Å². The molecule has 0 aromatic carbocycles. The smallest absolute Gasteiger partial charge is 0.222 e. The van der Waals surface area contributed by atoms with Crippen molar-refractivity contribution in [2.24, 2.45) is 0 Å². The quantitative estimate of drug-likeness (QED) is 0.278. The number of rotatable bonds is 1. The molecule has 128 valence electrons. The normalized spacial score (nSPS) is 55.9. The van der Waals surface area contributed by atoms with Gasteiger partial charge in [-0.2, -0.15) is 0 Å². The highest BCUT2D eigenvalue weighted by Crippen LogP contribution is 2.40. The first kappa shape index (κ1) is 16.5. The Labute approximate surface area is 125 Å². The Kier molecular flexibility index (Phi) is 4.19. The van der Waals surface area contributed by atoms with E-state index in [4.69, 9.17) is 24.1 Å². The van der Waals surface area contributed by atoms with E-state index in [2.05, 4.69) is 0 Å². The molecule has 3 aliphatic rings. The lowest BCUT2D eigenvalue weighted by molar-refractivity contribution is -0.430. The second kappa shape index (κ2) is 5.60. The van der Waals surface area contributed by atoms with Crippen LogP contribution in [-0.2, 0) is 18.9 Å². The molecule has 0 bridgehead atoms. The van der Waals surface area contributed by atoms with Crippen molar-refractivity contribution < 1.29 is 49.6 Å². The van der Waals surface area contributed by atoms with Crippen LogP contribution in [0.2, 0.25) is 0 Å². The summed E-state index contributed by atoms with van der Waals surface area (Å²) in [4.78, 5) is 0. The Hall–Kier alpha value is -0.400. The maximum Gasteiger partial charge on any atom is 0.222 e. The summed E-state index contributed by atoms with van der Waals surface area (Å²) in [5, 5.41) is 58.1. The maximum atomic E-state index is 10.0. The second-order valence-electron chi connectivity index (χ2n) is 5.79. The number of aliphatic hydroxyl groups excluding tert-OH is 6. The molecule has 0 aliphatic carbocycles. The minimum Gasteiger partial charge on any atom is -0.394 e. The van der Waals surface area contributed by atoms with Gasteiger partial charge >= 0.3 is 0 Å². The van der Waals surface area contributed by atoms with Gasteiger partial charge in [-0.25, -0.2) is 0 Å². The Morgan fingerprint density at radius 1 is 0.818 bits per heavy atom. The predicted molar refractivity (Wildman–Crippen MR) is 65.3 cm³/mol. The molecule has 3 unspecified atom stereocenters. The minimum absolute atomic E-state index is 0.264. The molecule has 3 heterocycles. The molecule has 6 N–H and O–H groups in total. The molecule has 2 spiro atoms. The van der Waals surface area contributed by atoms with E-state index in [1.54, 1.807) is 0 Å². The highest BCUT2D eigenvalue weighted by Gasteiger charge is 2.62. The number of hydrogen-bond acceptors (Lipinski definition) is 10. The number of ether oxygens (including phenoxy) is 4. The summed E-state index contributed by atoms with van der Waals surface area (Å²) >= 11 is 0. The third kappa shape index (κ3) is 2.27. The fraction of sp³-hybridized carbons (Fsp3) is 1.00. The molecule has 3 fully saturated rings. The minimum atomic E-state index is -1.70. The van der Waals surface area contributed by atoms with E-state index >= 15 is 0 Å². The molecule has 8 atom stereocenters. The van der Waals surface area contributed by atoms with Crippen LogP contribution in [-0.4, -0.2) is 105 Å². The van der Waals surface area contributed by atoms with Crippen molar-refractivity contribution in [1.29, 1.82) is 0 Å². The SMILES string of the molecule is OC[C@H]1O[C@@]2(CO[C@@]3(CO2)OC[C@@H](O)[C@H](O)C3O)C(O)C1O. The first-order chi connectivity index (χ1) is 10.4. The molecule has 3 saturated heterocycles. The van der Waals surface area contributed by atoms with Crippen LogP contribution in [0.25, 0.3) is 0 Å². The molecule has 3 rings (SSSR count). The average Bonchev–Trinajstić information content (AvgIpc) is 2.77. The van der Waals surface area contributed by atoms with Crippen molar-refractivity contribution in [3.05, 3.63) is 0 Å². The fourth-order valence-electron chi connectivity index (χ4n) is 2.91. The number of hydrogen-bond donors (Lipinski definition) is 6. The lowest BCUT2D eigenvalue weighted by atomic mass is 9.95.